The van der Waals surface area contributed by atoms with Gasteiger partial charge in [0.25, 0.3) is 0 Å². The predicted molar refractivity (Wildman–Crippen MR) is 75.4 cm³/mol. The molecule has 18 heavy (non-hydrogen) atoms. The fraction of sp³-hybridized carbons (Fsp3) is 0.357. The summed E-state index contributed by atoms with van der Waals surface area (Å²) in [7, 11) is 1.94. The number of Topliss-reactive ketones (excluding diaryl/α,β-unsaturated/α-hetero) is 1. The molecule has 98 valence electrons. The Morgan fingerprint density at radius 3 is 2.61 bits per heavy atom. The maximum absolute atomic E-state index is 11.6. The van der Waals surface area contributed by atoms with E-state index in [2.05, 4.69) is 6.58 Å². The normalized spacial score (nSPS) is 12.4. The Kier molecular flexibility index (Phi) is 6.05. The lowest BCUT2D eigenvalue weighted by Crippen LogP contribution is -2.41. The molecule has 0 heterocycles. The van der Waals surface area contributed by atoms with Gasteiger partial charge in [-0.3, -0.25) is 4.79 Å². The Balaban J connectivity index is 2.42. The molecule has 3 nitrogen and oxygen atoms in total. The number of allylic oxidation sites excluding steroid dienone is 1. The third-order valence-corrected chi connectivity index (χ3v) is 2.72. The van der Waals surface area contributed by atoms with E-state index >= 15 is 0 Å². The van der Waals surface area contributed by atoms with Gasteiger partial charge in [-0.05, 0) is 12.6 Å². The average molecular weight is 267 g/mol. The summed E-state index contributed by atoms with van der Waals surface area (Å²) in [5.41, 5.74) is 7.02. The van der Waals surface area contributed by atoms with Crippen molar-refractivity contribution >= 4 is 17.4 Å². The molecule has 0 amide bonds. The van der Waals surface area contributed by atoms with Gasteiger partial charge < -0.3 is 10.6 Å². The lowest BCUT2D eigenvalue weighted by molar-refractivity contribution is -0.119. The molecule has 0 bridgehead atoms. The molecule has 0 fully saturated rings. The van der Waals surface area contributed by atoms with E-state index in [0.717, 1.165) is 6.54 Å². The van der Waals surface area contributed by atoms with Crippen molar-refractivity contribution < 1.29 is 4.79 Å². The third-order valence-electron chi connectivity index (χ3n) is 2.58. The molecule has 0 aliphatic carbocycles. The molecule has 2 N–H and O–H groups in total. The molecule has 1 aromatic rings. The van der Waals surface area contributed by atoms with Gasteiger partial charge in [0.2, 0.25) is 0 Å². The fourth-order valence-corrected chi connectivity index (χ4v) is 1.85. The van der Waals surface area contributed by atoms with Crippen molar-refractivity contribution in [3.05, 3.63) is 47.5 Å². The molecule has 0 saturated heterocycles. The first-order valence-corrected chi connectivity index (χ1v) is 6.21. The van der Waals surface area contributed by atoms with Crippen molar-refractivity contribution in [2.45, 2.75) is 19.0 Å². The van der Waals surface area contributed by atoms with Crippen molar-refractivity contribution in [3.63, 3.8) is 0 Å². The van der Waals surface area contributed by atoms with Crippen LogP contribution in [0.5, 0.6) is 0 Å². The summed E-state index contributed by atoms with van der Waals surface area (Å²) in [5.74, 6) is -0.0742. The third kappa shape index (κ3) is 5.45. The van der Waals surface area contributed by atoms with E-state index in [4.69, 9.17) is 17.3 Å². The summed E-state index contributed by atoms with van der Waals surface area (Å²) in [4.78, 5) is 13.7. The number of ketones is 1. The van der Waals surface area contributed by atoms with Crippen LogP contribution in [0.15, 0.2) is 41.9 Å². The highest BCUT2D eigenvalue weighted by atomic mass is 35.5. The minimum atomic E-state index is -0.519. The van der Waals surface area contributed by atoms with Crippen molar-refractivity contribution in [1.29, 1.82) is 0 Å². The largest absolute Gasteiger partial charge is 0.320 e. The van der Waals surface area contributed by atoms with E-state index in [1.807, 2.05) is 42.3 Å². The molecule has 0 aliphatic heterocycles. The second-order valence-electron chi connectivity index (χ2n) is 4.45. The number of halogens is 1. The minimum Gasteiger partial charge on any atom is -0.320 e. The first kappa shape index (κ1) is 14.9. The van der Waals surface area contributed by atoms with Gasteiger partial charge in [-0.25, -0.2) is 0 Å². The van der Waals surface area contributed by atoms with Crippen LogP contribution in [0.1, 0.15) is 12.0 Å². The highest BCUT2D eigenvalue weighted by molar-refractivity contribution is 6.30. The van der Waals surface area contributed by atoms with Gasteiger partial charge in [0.05, 0.1) is 6.04 Å². The maximum atomic E-state index is 11.6. The monoisotopic (exact) mass is 266 g/mol. The van der Waals surface area contributed by atoms with Crippen LogP contribution >= 0.6 is 11.6 Å². The molecule has 1 aromatic carbocycles. The van der Waals surface area contributed by atoms with Crippen LogP contribution in [0, 0.1) is 0 Å². The molecule has 0 spiro atoms. The molecular formula is C14H19ClN2O. The number of nitrogens with two attached hydrogens (primary N) is 1. The van der Waals surface area contributed by atoms with Gasteiger partial charge in [0, 0.05) is 24.5 Å². The Morgan fingerprint density at radius 2 is 2.06 bits per heavy atom. The van der Waals surface area contributed by atoms with Gasteiger partial charge in [0.1, 0.15) is 0 Å². The molecule has 1 rings (SSSR count). The standard InChI is InChI=1S/C14H19ClN2O/c1-11(15)8-14(18)13(16)10-17(2)9-12-6-4-3-5-7-12/h3-7,13H,1,8-10,16H2,2H3. The van der Waals surface area contributed by atoms with E-state index < -0.39 is 6.04 Å². The second kappa shape index (κ2) is 7.31. The number of nitrogens with zero attached hydrogens (tertiary/aromatic N) is 1. The van der Waals surface area contributed by atoms with Gasteiger partial charge >= 0.3 is 0 Å². The SMILES string of the molecule is C=C(Cl)CC(=O)C(N)CN(C)Cc1ccccc1. The first-order valence-electron chi connectivity index (χ1n) is 5.83. The Bertz CT molecular complexity index is 406. The van der Waals surface area contributed by atoms with Crippen molar-refractivity contribution in [2.24, 2.45) is 5.73 Å². The molecule has 0 saturated carbocycles. The van der Waals surface area contributed by atoms with Crippen LogP contribution in [0.3, 0.4) is 0 Å². The highest BCUT2D eigenvalue weighted by Crippen LogP contribution is 2.07. The number of rotatable bonds is 7. The summed E-state index contributed by atoms with van der Waals surface area (Å²) < 4.78 is 0. The summed E-state index contributed by atoms with van der Waals surface area (Å²) in [5, 5.41) is 0.334. The Morgan fingerprint density at radius 1 is 1.44 bits per heavy atom. The van der Waals surface area contributed by atoms with E-state index in [1.165, 1.54) is 5.56 Å². The topological polar surface area (TPSA) is 46.3 Å². The molecule has 0 radical (unpaired) electrons. The smallest absolute Gasteiger partial charge is 0.156 e. The zero-order valence-electron chi connectivity index (χ0n) is 10.6. The Labute approximate surface area is 113 Å². The van der Waals surface area contributed by atoms with Crippen molar-refractivity contribution in [1.82, 2.24) is 4.90 Å². The number of carbonyl (C=O) groups excluding carboxylic acids is 1. The highest BCUT2D eigenvalue weighted by Gasteiger charge is 2.16. The lowest BCUT2D eigenvalue weighted by atomic mass is 10.1. The summed E-state index contributed by atoms with van der Waals surface area (Å²) in [6.45, 7) is 4.78. The molecule has 1 unspecified atom stereocenters. The fourth-order valence-electron chi connectivity index (χ4n) is 1.72. The van der Waals surface area contributed by atoms with Crippen LogP contribution in [0.2, 0.25) is 0 Å². The van der Waals surface area contributed by atoms with Crippen LogP contribution < -0.4 is 5.73 Å². The minimum absolute atomic E-state index is 0.0742. The maximum Gasteiger partial charge on any atom is 0.156 e. The lowest BCUT2D eigenvalue weighted by Gasteiger charge is -2.20. The van der Waals surface area contributed by atoms with E-state index in [1.54, 1.807) is 0 Å². The van der Waals surface area contributed by atoms with Gasteiger partial charge in [-0.15, -0.1) is 0 Å². The van der Waals surface area contributed by atoms with Gasteiger partial charge in [-0.2, -0.15) is 0 Å². The molecular weight excluding hydrogens is 248 g/mol. The number of hydrogen-bond donors (Lipinski definition) is 1. The van der Waals surface area contributed by atoms with E-state index in [-0.39, 0.29) is 12.2 Å². The summed E-state index contributed by atoms with van der Waals surface area (Å²) >= 11 is 5.60. The first-order chi connectivity index (χ1) is 8.49. The quantitative estimate of drug-likeness (QED) is 0.823. The molecule has 0 aromatic heterocycles. The van der Waals surface area contributed by atoms with Crippen molar-refractivity contribution in [2.75, 3.05) is 13.6 Å². The average Bonchev–Trinajstić information content (AvgIpc) is 2.29. The number of benzene rings is 1. The van der Waals surface area contributed by atoms with Gasteiger partial charge in [0.15, 0.2) is 5.78 Å². The zero-order valence-corrected chi connectivity index (χ0v) is 11.4. The zero-order chi connectivity index (χ0) is 13.5. The number of hydrogen-bond acceptors (Lipinski definition) is 3. The number of likely N-dealkylation sites (N-methyl/N-ethyl adjacent to an activating group) is 1. The summed E-state index contributed by atoms with van der Waals surface area (Å²) in [6.07, 6.45) is 0.141. The summed E-state index contributed by atoms with van der Waals surface area (Å²) in [6, 6.07) is 9.53. The van der Waals surface area contributed by atoms with E-state index in [0.29, 0.717) is 11.6 Å². The second-order valence-corrected chi connectivity index (χ2v) is 4.98. The van der Waals surface area contributed by atoms with E-state index in [9.17, 15) is 4.79 Å². The molecule has 1 atom stereocenters. The predicted octanol–water partition coefficient (Wildman–Crippen LogP) is 2.16. The van der Waals surface area contributed by atoms with Crippen LogP contribution in [-0.2, 0) is 11.3 Å². The molecule has 0 aliphatic rings. The Hall–Kier alpha value is -1.16. The van der Waals surface area contributed by atoms with Gasteiger partial charge in [-0.1, -0.05) is 48.5 Å². The number of carbonyl (C=O) groups is 1. The van der Waals surface area contributed by atoms with Crippen LogP contribution in [0.4, 0.5) is 0 Å². The van der Waals surface area contributed by atoms with Crippen molar-refractivity contribution in [3.8, 4) is 0 Å². The molecule has 4 heteroatoms. The van der Waals surface area contributed by atoms with Crippen LogP contribution in [-0.4, -0.2) is 30.3 Å². The van der Waals surface area contributed by atoms with Crippen LogP contribution in [0.25, 0.3) is 0 Å².